The van der Waals surface area contributed by atoms with Crippen LogP contribution >= 0.6 is 0 Å². The van der Waals surface area contributed by atoms with Gasteiger partial charge in [-0.05, 0) is 48.4 Å². The average Bonchev–Trinajstić information content (AvgIpc) is 3.21. The van der Waals surface area contributed by atoms with Gasteiger partial charge in [0.2, 0.25) is 0 Å². The third-order valence-electron chi connectivity index (χ3n) is 5.76. The highest BCUT2D eigenvalue weighted by molar-refractivity contribution is 5.90. The molecule has 2 heterocycles. The smallest absolute Gasteiger partial charge is 0.336 e. The summed E-state index contributed by atoms with van der Waals surface area (Å²) in [6, 6.07) is 15.8. The van der Waals surface area contributed by atoms with Gasteiger partial charge in [0.15, 0.2) is 0 Å². The van der Waals surface area contributed by atoms with E-state index in [1.165, 1.54) is 12.1 Å². The number of H-pyrrole nitrogens is 1. The van der Waals surface area contributed by atoms with E-state index in [-0.39, 0.29) is 17.4 Å². The number of imidazole rings is 1. The number of ether oxygens (including phenoxy) is 2. The zero-order valence-corrected chi connectivity index (χ0v) is 18.0. The van der Waals surface area contributed by atoms with E-state index in [1.807, 2.05) is 24.3 Å². The minimum absolute atomic E-state index is 0.150. The van der Waals surface area contributed by atoms with Gasteiger partial charge in [-0.1, -0.05) is 18.2 Å². The third kappa shape index (κ3) is 4.25. The van der Waals surface area contributed by atoms with Gasteiger partial charge in [0.1, 0.15) is 11.6 Å². The van der Waals surface area contributed by atoms with Crippen molar-refractivity contribution in [2.45, 2.75) is 6.92 Å². The standard InChI is InChI=1S/C25H22FN3O4/c1-15-2-7-18(12-19(15)24(30)31)33-25-27-22-13-20(21(26)14-23(22)28-25)16-3-5-17(6-4-16)29-8-10-32-11-9-29/h2-7,12-14H,8-11H2,1H3,(H,27,28)(H,30,31). The van der Waals surface area contributed by atoms with E-state index in [1.54, 1.807) is 25.1 Å². The maximum atomic E-state index is 14.9. The summed E-state index contributed by atoms with van der Waals surface area (Å²) in [5, 5.41) is 9.30. The van der Waals surface area contributed by atoms with Crippen molar-refractivity contribution in [1.82, 2.24) is 9.97 Å². The maximum absolute atomic E-state index is 14.9. The highest BCUT2D eigenvalue weighted by atomic mass is 19.1. The van der Waals surface area contributed by atoms with Crippen LogP contribution < -0.4 is 9.64 Å². The molecule has 1 aromatic heterocycles. The molecule has 5 rings (SSSR count). The summed E-state index contributed by atoms with van der Waals surface area (Å²) in [5.74, 6) is -1.08. The quantitative estimate of drug-likeness (QED) is 0.448. The number of hydrogen-bond acceptors (Lipinski definition) is 5. The molecule has 3 aromatic carbocycles. The Morgan fingerprint density at radius 1 is 1.12 bits per heavy atom. The summed E-state index contributed by atoms with van der Waals surface area (Å²) < 4.78 is 26.0. The van der Waals surface area contributed by atoms with Crippen molar-refractivity contribution >= 4 is 22.7 Å². The molecule has 2 N–H and O–H groups in total. The van der Waals surface area contributed by atoms with Crippen LogP contribution in [0.25, 0.3) is 22.2 Å². The summed E-state index contributed by atoms with van der Waals surface area (Å²) in [7, 11) is 0. The number of rotatable bonds is 5. The second kappa shape index (κ2) is 8.55. The van der Waals surface area contributed by atoms with Crippen molar-refractivity contribution in [3.05, 3.63) is 71.5 Å². The van der Waals surface area contributed by atoms with Crippen LogP contribution in [-0.2, 0) is 4.74 Å². The van der Waals surface area contributed by atoms with Crippen LogP contribution in [-0.4, -0.2) is 47.3 Å². The molecule has 0 saturated carbocycles. The number of fused-ring (bicyclic) bond motifs is 1. The molecule has 1 saturated heterocycles. The van der Waals surface area contributed by atoms with Crippen LogP contribution in [0.15, 0.2) is 54.6 Å². The Morgan fingerprint density at radius 2 is 1.88 bits per heavy atom. The summed E-state index contributed by atoms with van der Waals surface area (Å²) in [5.41, 5.74) is 4.09. The van der Waals surface area contributed by atoms with E-state index in [9.17, 15) is 14.3 Å². The number of halogens is 1. The number of nitrogens with zero attached hydrogens (tertiary/aromatic N) is 2. The number of anilines is 1. The predicted octanol–water partition coefficient (Wildman–Crippen LogP) is 5.00. The normalized spacial score (nSPS) is 13.9. The Kier molecular flexibility index (Phi) is 5.43. The summed E-state index contributed by atoms with van der Waals surface area (Å²) in [6.07, 6.45) is 0. The highest BCUT2D eigenvalue weighted by Gasteiger charge is 2.15. The van der Waals surface area contributed by atoms with Crippen LogP contribution in [0.5, 0.6) is 11.8 Å². The van der Waals surface area contributed by atoms with Gasteiger partial charge in [-0.15, -0.1) is 0 Å². The van der Waals surface area contributed by atoms with E-state index >= 15 is 0 Å². The largest absolute Gasteiger partial charge is 0.478 e. The van der Waals surface area contributed by atoms with Crippen molar-refractivity contribution in [3.8, 4) is 22.9 Å². The number of carboxylic acids is 1. The van der Waals surface area contributed by atoms with Crippen molar-refractivity contribution in [2.24, 2.45) is 0 Å². The topological polar surface area (TPSA) is 87.7 Å². The number of morpholine rings is 1. The molecule has 33 heavy (non-hydrogen) atoms. The molecule has 0 atom stereocenters. The number of nitrogens with one attached hydrogen (secondary N) is 1. The Balaban J connectivity index is 1.41. The first-order valence-electron chi connectivity index (χ1n) is 10.6. The molecule has 4 aromatic rings. The lowest BCUT2D eigenvalue weighted by Gasteiger charge is -2.28. The number of benzene rings is 3. The first-order valence-corrected chi connectivity index (χ1v) is 10.6. The fraction of sp³-hybridized carbons (Fsp3) is 0.200. The molecular weight excluding hydrogens is 425 g/mol. The Hall–Kier alpha value is -3.91. The summed E-state index contributed by atoms with van der Waals surface area (Å²) in [6.45, 7) is 4.80. The Bertz CT molecular complexity index is 1330. The van der Waals surface area contributed by atoms with Crippen LogP contribution in [0.2, 0.25) is 0 Å². The Morgan fingerprint density at radius 3 is 2.61 bits per heavy atom. The lowest BCUT2D eigenvalue weighted by atomic mass is 10.0. The molecule has 168 valence electrons. The van der Waals surface area contributed by atoms with Crippen LogP contribution in [0.3, 0.4) is 0 Å². The van der Waals surface area contributed by atoms with Gasteiger partial charge in [-0.2, -0.15) is 4.98 Å². The van der Waals surface area contributed by atoms with E-state index in [0.29, 0.717) is 41.1 Å². The SMILES string of the molecule is Cc1ccc(Oc2nc3cc(-c4ccc(N5CCOCC5)cc4)c(F)cc3[nH]2)cc1C(=O)O. The number of aromatic carboxylic acids is 1. The van der Waals surface area contributed by atoms with E-state index in [2.05, 4.69) is 14.9 Å². The van der Waals surface area contributed by atoms with Crippen molar-refractivity contribution in [3.63, 3.8) is 0 Å². The number of carboxylic acid groups (broad SMARTS) is 1. The van der Waals surface area contributed by atoms with Crippen molar-refractivity contribution < 1.29 is 23.8 Å². The lowest BCUT2D eigenvalue weighted by Crippen LogP contribution is -2.36. The molecule has 1 fully saturated rings. The second-order valence-corrected chi connectivity index (χ2v) is 7.92. The van der Waals surface area contributed by atoms with Crippen molar-refractivity contribution in [2.75, 3.05) is 31.2 Å². The zero-order valence-electron chi connectivity index (χ0n) is 18.0. The predicted molar refractivity (Wildman–Crippen MR) is 123 cm³/mol. The number of aryl methyl sites for hydroxylation is 1. The minimum atomic E-state index is -1.03. The minimum Gasteiger partial charge on any atom is -0.478 e. The maximum Gasteiger partial charge on any atom is 0.336 e. The zero-order chi connectivity index (χ0) is 22.9. The molecule has 1 aliphatic rings. The van der Waals surface area contributed by atoms with E-state index < -0.39 is 5.97 Å². The fourth-order valence-electron chi connectivity index (χ4n) is 3.96. The van der Waals surface area contributed by atoms with Crippen LogP contribution in [0.4, 0.5) is 10.1 Å². The summed E-state index contributed by atoms with van der Waals surface area (Å²) in [4.78, 5) is 20.9. The van der Waals surface area contributed by atoms with Crippen LogP contribution in [0.1, 0.15) is 15.9 Å². The molecule has 7 nitrogen and oxygen atoms in total. The molecule has 0 aliphatic carbocycles. The van der Waals surface area contributed by atoms with Gasteiger partial charge in [0, 0.05) is 30.4 Å². The van der Waals surface area contributed by atoms with Gasteiger partial charge in [-0.3, -0.25) is 0 Å². The molecule has 0 bridgehead atoms. The second-order valence-electron chi connectivity index (χ2n) is 7.92. The van der Waals surface area contributed by atoms with Crippen molar-refractivity contribution in [1.29, 1.82) is 0 Å². The number of carbonyl (C=O) groups is 1. The molecule has 0 radical (unpaired) electrons. The van der Waals surface area contributed by atoms with Gasteiger partial charge in [-0.25, -0.2) is 9.18 Å². The highest BCUT2D eigenvalue weighted by Crippen LogP contribution is 2.31. The summed E-state index contributed by atoms with van der Waals surface area (Å²) >= 11 is 0. The first-order chi connectivity index (χ1) is 16.0. The van der Waals surface area contributed by atoms with Crippen LogP contribution in [0, 0.1) is 12.7 Å². The van der Waals surface area contributed by atoms with Gasteiger partial charge in [0.05, 0.1) is 29.8 Å². The van der Waals surface area contributed by atoms with Gasteiger partial charge < -0.3 is 24.5 Å². The number of aromatic amines is 1. The monoisotopic (exact) mass is 447 g/mol. The lowest BCUT2D eigenvalue weighted by molar-refractivity contribution is 0.0695. The van der Waals surface area contributed by atoms with E-state index in [4.69, 9.17) is 9.47 Å². The number of hydrogen-bond donors (Lipinski definition) is 2. The molecular formula is C25H22FN3O4. The fourth-order valence-corrected chi connectivity index (χ4v) is 3.96. The average molecular weight is 447 g/mol. The molecule has 1 aliphatic heterocycles. The van der Waals surface area contributed by atoms with Gasteiger partial charge in [0.25, 0.3) is 6.01 Å². The first kappa shape index (κ1) is 21.0. The third-order valence-corrected chi connectivity index (χ3v) is 5.76. The number of aromatic nitrogens is 2. The Labute approximate surface area is 189 Å². The van der Waals surface area contributed by atoms with E-state index in [0.717, 1.165) is 24.3 Å². The molecule has 0 amide bonds. The molecule has 0 unspecified atom stereocenters. The van der Waals surface area contributed by atoms with Gasteiger partial charge >= 0.3 is 5.97 Å². The molecule has 8 heteroatoms. The molecule has 0 spiro atoms.